The lowest BCUT2D eigenvalue weighted by molar-refractivity contribution is -0.127. The van der Waals surface area contributed by atoms with Gasteiger partial charge in [0.2, 0.25) is 5.91 Å². The molecule has 0 aliphatic heterocycles. The number of carbonyl (C=O) groups is 1. The molecule has 0 spiro atoms. The summed E-state index contributed by atoms with van der Waals surface area (Å²) in [4.78, 5) is 13.1. The highest BCUT2D eigenvalue weighted by atomic mass is 16.2. The third-order valence-corrected chi connectivity index (χ3v) is 3.06. The third kappa shape index (κ3) is 2.58. The fraction of sp³-hybridized carbons (Fsp3) is 0.727. The van der Waals surface area contributed by atoms with E-state index in [1.54, 1.807) is 0 Å². The molecule has 0 aromatic rings. The average Bonchev–Trinajstić information content (AvgIpc) is 2.17. The molecule has 0 saturated heterocycles. The van der Waals surface area contributed by atoms with E-state index in [1.807, 2.05) is 11.9 Å². The Hall–Kier alpha value is -0.790. The number of hydrogen-bond donors (Lipinski definition) is 0. The number of amides is 1. The second kappa shape index (κ2) is 4.45. The van der Waals surface area contributed by atoms with Crippen molar-refractivity contribution in [2.45, 2.75) is 38.6 Å². The second-order valence-electron chi connectivity index (χ2n) is 4.07. The first-order valence-corrected chi connectivity index (χ1v) is 5.04. The Morgan fingerprint density at radius 2 is 1.92 bits per heavy atom. The predicted molar refractivity (Wildman–Crippen MR) is 54.4 cm³/mol. The maximum atomic E-state index is 11.3. The van der Waals surface area contributed by atoms with Crippen molar-refractivity contribution in [2.24, 2.45) is 5.92 Å². The van der Waals surface area contributed by atoms with E-state index in [-0.39, 0.29) is 5.91 Å². The highest BCUT2D eigenvalue weighted by molar-refractivity contribution is 5.87. The predicted octanol–water partition coefficient (Wildman–Crippen LogP) is 2.21. The van der Waals surface area contributed by atoms with E-state index in [2.05, 4.69) is 13.5 Å². The number of carbonyl (C=O) groups excluding carboxylic acids is 1. The SMILES string of the molecule is C=CC(=O)N(C)C1CCC(C)CC1. The van der Waals surface area contributed by atoms with Gasteiger partial charge in [-0.05, 0) is 37.7 Å². The molecule has 0 bridgehead atoms. The molecule has 2 nitrogen and oxygen atoms in total. The zero-order valence-electron chi connectivity index (χ0n) is 8.62. The average molecular weight is 181 g/mol. The van der Waals surface area contributed by atoms with Gasteiger partial charge >= 0.3 is 0 Å². The van der Waals surface area contributed by atoms with Crippen molar-refractivity contribution in [3.63, 3.8) is 0 Å². The highest BCUT2D eigenvalue weighted by Gasteiger charge is 2.23. The molecule has 1 rings (SSSR count). The van der Waals surface area contributed by atoms with Crippen LogP contribution in [-0.2, 0) is 4.79 Å². The summed E-state index contributed by atoms with van der Waals surface area (Å²) in [5, 5.41) is 0. The van der Waals surface area contributed by atoms with Crippen LogP contribution in [0.1, 0.15) is 32.6 Å². The van der Waals surface area contributed by atoms with E-state index in [9.17, 15) is 4.79 Å². The maximum Gasteiger partial charge on any atom is 0.245 e. The summed E-state index contributed by atoms with van der Waals surface area (Å²) in [6.07, 6.45) is 6.20. The Balaban J connectivity index is 2.44. The number of hydrogen-bond acceptors (Lipinski definition) is 1. The van der Waals surface area contributed by atoms with Crippen LogP contribution in [0.3, 0.4) is 0 Å². The summed E-state index contributed by atoms with van der Waals surface area (Å²) in [7, 11) is 1.88. The standard InChI is InChI=1S/C11H19NO/c1-4-11(13)12(3)10-7-5-9(2)6-8-10/h4,9-10H,1,5-8H2,2-3H3. The Morgan fingerprint density at radius 1 is 1.38 bits per heavy atom. The van der Waals surface area contributed by atoms with Crippen LogP contribution in [0, 0.1) is 5.92 Å². The molecule has 74 valence electrons. The maximum absolute atomic E-state index is 11.3. The minimum Gasteiger partial charge on any atom is -0.339 e. The van der Waals surface area contributed by atoms with Crippen LogP contribution in [0.15, 0.2) is 12.7 Å². The molecule has 2 heteroatoms. The molecule has 1 saturated carbocycles. The van der Waals surface area contributed by atoms with Crippen molar-refractivity contribution in [3.8, 4) is 0 Å². The smallest absolute Gasteiger partial charge is 0.245 e. The van der Waals surface area contributed by atoms with Crippen molar-refractivity contribution < 1.29 is 4.79 Å². The van der Waals surface area contributed by atoms with Crippen LogP contribution in [0.4, 0.5) is 0 Å². The molecular formula is C11H19NO. The Morgan fingerprint density at radius 3 is 2.38 bits per heavy atom. The van der Waals surface area contributed by atoms with Crippen LogP contribution in [0.25, 0.3) is 0 Å². The van der Waals surface area contributed by atoms with E-state index in [1.165, 1.54) is 18.9 Å². The number of likely N-dealkylation sites (N-methyl/N-ethyl adjacent to an activating group) is 1. The number of nitrogens with zero attached hydrogens (tertiary/aromatic N) is 1. The van der Waals surface area contributed by atoms with Crippen LogP contribution in [-0.4, -0.2) is 23.9 Å². The van der Waals surface area contributed by atoms with Crippen molar-refractivity contribution in [3.05, 3.63) is 12.7 Å². The summed E-state index contributed by atoms with van der Waals surface area (Å²) in [5.74, 6) is 0.892. The van der Waals surface area contributed by atoms with Crippen LogP contribution < -0.4 is 0 Å². The minimum absolute atomic E-state index is 0.0551. The summed E-state index contributed by atoms with van der Waals surface area (Å²) in [6.45, 7) is 5.78. The lowest BCUT2D eigenvalue weighted by Gasteiger charge is -2.32. The van der Waals surface area contributed by atoms with Crippen molar-refractivity contribution >= 4 is 5.91 Å². The summed E-state index contributed by atoms with van der Waals surface area (Å²) in [6, 6.07) is 0.446. The largest absolute Gasteiger partial charge is 0.339 e. The van der Waals surface area contributed by atoms with Gasteiger partial charge in [0.05, 0.1) is 0 Å². The fourth-order valence-corrected chi connectivity index (χ4v) is 1.95. The lowest BCUT2D eigenvalue weighted by Crippen LogP contribution is -2.38. The minimum atomic E-state index is 0.0551. The van der Waals surface area contributed by atoms with Gasteiger partial charge in [0.25, 0.3) is 0 Å². The Labute approximate surface area is 80.6 Å². The first-order chi connectivity index (χ1) is 6.15. The van der Waals surface area contributed by atoms with Gasteiger partial charge in [-0.2, -0.15) is 0 Å². The van der Waals surface area contributed by atoms with Gasteiger partial charge in [-0.3, -0.25) is 4.79 Å². The Bertz CT molecular complexity index is 192. The summed E-state index contributed by atoms with van der Waals surface area (Å²) < 4.78 is 0. The van der Waals surface area contributed by atoms with Gasteiger partial charge in [0.15, 0.2) is 0 Å². The molecule has 1 amide bonds. The Kier molecular flexibility index (Phi) is 3.52. The van der Waals surface area contributed by atoms with Crippen molar-refractivity contribution in [1.29, 1.82) is 0 Å². The molecular weight excluding hydrogens is 162 g/mol. The molecule has 0 unspecified atom stereocenters. The van der Waals surface area contributed by atoms with Crippen molar-refractivity contribution in [2.75, 3.05) is 7.05 Å². The third-order valence-electron chi connectivity index (χ3n) is 3.06. The fourth-order valence-electron chi connectivity index (χ4n) is 1.95. The van der Waals surface area contributed by atoms with Gasteiger partial charge in [-0.1, -0.05) is 13.5 Å². The molecule has 0 heterocycles. The van der Waals surface area contributed by atoms with E-state index < -0.39 is 0 Å². The van der Waals surface area contributed by atoms with Crippen LogP contribution in [0.2, 0.25) is 0 Å². The molecule has 13 heavy (non-hydrogen) atoms. The van der Waals surface area contributed by atoms with E-state index >= 15 is 0 Å². The van der Waals surface area contributed by atoms with Crippen LogP contribution in [0.5, 0.6) is 0 Å². The topological polar surface area (TPSA) is 20.3 Å². The van der Waals surface area contributed by atoms with Gasteiger partial charge in [-0.15, -0.1) is 0 Å². The van der Waals surface area contributed by atoms with E-state index in [4.69, 9.17) is 0 Å². The number of rotatable bonds is 2. The van der Waals surface area contributed by atoms with Gasteiger partial charge in [-0.25, -0.2) is 0 Å². The monoisotopic (exact) mass is 181 g/mol. The molecule has 0 radical (unpaired) electrons. The van der Waals surface area contributed by atoms with Crippen molar-refractivity contribution in [1.82, 2.24) is 4.90 Å². The van der Waals surface area contributed by atoms with Gasteiger partial charge < -0.3 is 4.90 Å². The first kappa shape index (κ1) is 10.3. The quantitative estimate of drug-likeness (QED) is 0.598. The second-order valence-corrected chi connectivity index (χ2v) is 4.07. The molecule has 1 fully saturated rings. The van der Waals surface area contributed by atoms with E-state index in [0.29, 0.717) is 6.04 Å². The molecule has 1 aliphatic carbocycles. The van der Waals surface area contributed by atoms with E-state index in [0.717, 1.165) is 18.8 Å². The van der Waals surface area contributed by atoms with Crippen LogP contribution >= 0.6 is 0 Å². The highest BCUT2D eigenvalue weighted by Crippen LogP contribution is 2.26. The molecule has 0 aromatic heterocycles. The normalized spacial score (nSPS) is 28.2. The molecule has 1 aliphatic rings. The zero-order valence-corrected chi connectivity index (χ0v) is 8.62. The molecule has 0 N–H and O–H groups in total. The lowest BCUT2D eigenvalue weighted by atomic mass is 9.87. The van der Waals surface area contributed by atoms with Gasteiger partial charge in [0, 0.05) is 13.1 Å². The zero-order chi connectivity index (χ0) is 9.84. The summed E-state index contributed by atoms with van der Waals surface area (Å²) in [5.41, 5.74) is 0. The van der Waals surface area contributed by atoms with Gasteiger partial charge in [0.1, 0.15) is 0 Å². The first-order valence-electron chi connectivity index (χ1n) is 5.04. The molecule has 0 aromatic carbocycles. The summed E-state index contributed by atoms with van der Waals surface area (Å²) >= 11 is 0. The molecule has 0 atom stereocenters.